The van der Waals surface area contributed by atoms with Gasteiger partial charge in [-0.15, -0.1) is 0 Å². The molecule has 1 aromatic carbocycles. The number of nitrogens with zero attached hydrogens (tertiary/aromatic N) is 1. The quantitative estimate of drug-likeness (QED) is 0.622. The molecule has 1 unspecified atom stereocenters. The van der Waals surface area contributed by atoms with Crippen molar-refractivity contribution < 1.29 is 23.1 Å². The van der Waals surface area contributed by atoms with Crippen LogP contribution in [0, 0.1) is 11.6 Å². The Bertz CT molecular complexity index is 601. The van der Waals surface area contributed by atoms with E-state index < -0.39 is 33.9 Å². The first-order valence-electron chi connectivity index (χ1n) is 6.50. The minimum absolute atomic E-state index is 0.308. The zero-order valence-corrected chi connectivity index (χ0v) is 13.8. The maximum absolute atomic E-state index is 14.1. The average Bonchev–Trinajstić information content (AvgIpc) is 2.39. The van der Waals surface area contributed by atoms with Crippen LogP contribution in [-0.2, 0) is 15.1 Å². The maximum atomic E-state index is 14.1. The van der Waals surface area contributed by atoms with Crippen LogP contribution >= 0.6 is 11.6 Å². The third kappa shape index (κ3) is 3.74. The van der Waals surface area contributed by atoms with Crippen molar-refractivity contribution in [2.45, 2.75) is 38.8 Å². The molecular weight excluding hydrogens is 316 g/mol. The Hall–Kier alpha value is -1.69. The molecule has 7 heteroatoms. The summed E-state index contributed by atoms with van der Waals surface area (Å²) in [6.07, 6.45) is -0.486. The highest BCUT2D eigenvalue weighted by atomic mass is 35.5. The minimum atomic E-state index is -1.74. The molecule has 0 heterocycles. The first-order valence-corrected chi connectivity index (χ1v) is 6.88. The predicted octanol–water partition coefficient (Wildman–Crippen LogP) is 3.90. The number of carbonyl (C=O) groups is 2. The maximum Gasteiger partial charge on any atom is 0.411 e. The van der Waals surface area contributed by atoms with Crippen LogP contribution in [0.2, 0.25) is 5.02 Å². The van der Waals surface area contributed by atoms with Crippen molar-refractivity contribution in [1.82, 2.24) is 4.90 Å². The fourth-order valence-electron chi connectivity index (χ4n) is 1.75. The number of hydrogen-bond donors (Lipinski definition) is 0. The third-order valence-electron chi connectivity index (χ3n) is 3.15. The number of hydrogen-bond acceptors (Lipinski definition) is 3. The van der Waals surface area contributed by atoms with Crippen LogP contribution in [0.15, 0.2) is 12.1 Å². The van der Waals surface area contributed by atoms with Gasteiger partial charge in [0.1, 0.15) is 29.1 Å². The average molecular weight is 334 g/mol. The molecule has 0 aliphatic carbocycles. The second-order valence-electron chi connectivity index (χ2n) is 6.05. The Morgan fingerprint density at radius 3 is 2.23 bits per heavy atom. The number of amides is 1. The Kier molecular flexibility index (Phi) is 5.18. The van der Waals surface area contributed by atoms with Crippen LogP contribution in [0.3, 0.4) is 0 Å². The summed E-state index contributed by atoms with van der Waals surface area (Å²) in [6, 6.07) is 1.56. The number of rotatable bonds is 3. The van der Waals surface area contributed by atoms with Gasteiger partial charge >= 0.3 is 6.09 Å². The topological polar surface area (TPSA) is 46.6 Å². The van der Waals surface area contributed by atoms with Gasteiger partial charge in [-0.05, 0) is 39.8 Å². The molecule has 0 fully saturated rings. The zero-order chi connectivity index (χ0) is 17.3. The van der Waals surface area contributed by atoms with Gasteiger partial charge in [-0.2, -0.15) is 0 Å². The monoisotopic (exact) mass is 333 g/mol. The molecule has 1 amide bonds. The smallest absolute Gasteiger partial charge is 0.411 e. The molecule has 0 N–H and O–H groups in total. The molecule has 1 atom stereocenters. The third-order valence-corrected chi connectivity index (χ3v) is 3.44. The SMILES string of the molecule is CN(C(=O)OC(C)(C)C)C(C)(C=O)c1cc(F)c(Cl)cc1F. The summed E-state index contributed by atoms with van der Waals surface area (Å²) in [5.41, 5.74) is -2.84. The van der Waals surface area contributed by atoms with Crippen molar-refractivity contribution in [2.24, 2.45) is 0 Å². The molecule has 0 aromatic heterocycles. The minimum Gasteiger partial charge on any atom is -0.444 e. The van der Waals surface area contributed by atoms with Gasteiger partial charge in [0, 0.05) is 12.6 Å². The lowest BCUT2D eigenvalue weighted by molar-refractivity contribution is -0.117. The lowest BCUT2D eigenvalue weighted by Gasteiger charge is -2.35. The van der Waals surface area contributed by atoms with Crippen molar-refractivity contribution in [3.8, 4) is 0 Å². The largest absolute Gasteiger partial charge is 0.444 e. The van der Waals surface area contributed by atoms with E-state index in [4.69, 9.17) is 16.3 Å². The van der Waals surface area contributed by atoms with Crippen molar-refractivity contribution in [3.63, 3.8) is 0 Å². The Labute approximate surface area is 133 Å². The summed E-state index contributed by atoms with van der Waals surface area (Å²) >= 11 is 5.50. The molecule has 0 radical (unpaired) electrons. The van der Waals surface area contributed by atoms with Gasteiger partial charge in [0.2, 0.25) is 0 Å². The fourth-order valence-corrected chi connectivity index (χ4v) is 1.90. The normalized spacial score (nSPS) is 14.2. The summed E-state index contributed by atoms with van der Waals surface area (Å²) < 4.78 is 32.8. The highest BCUT2D eigenvalue weighted by Crippen LogP contribution is 2.31. The van der Waals surface area contributed by atoms with Crippen molar-refractivity contribution >= 4 is 24.0 Å². The van der Waals surface area contributed by atoms with Crippen LogP contribution in [0.5, 0.6) is 0 Å². The van der Waals surface area contributed by atoms with Crippen LogP contribution < -0.4 is 0 Å². The molecule has 0 saturated carbocycles. The second-order valence-corrected chi connectivity index (χ2v) is 6.46. The van der Waals surface area contributed by atoms with Gasteiger partial charge in [0.05, 0.1) is 5.02 Å². The summed E-state index contributed by atoms with van der Waals surface area (Å²) in [4.78, 5) is 24.5. The highest BCUT2D eigenvalue weighted by molar-refractivity contribution is 6.30. The van der Waals surface area contributed by atoms with Gasteiger partial charge in [-0.1, -0.05) is 11.6 Å². The van der Waals surface area contributed by atoms with E-state index in [2.05, 4.69) is 0 Å². The van der Waals surface area contributed by atoms with E-state index in [-0.39, 0.29) is 5.56 Å². The Morgan fingerprint density at radius 1 is 1.23 bits per heavy atom. The van der Waals surface area contributed by atoms with Crippen molar-refractivity contribution in [2.75, 3.05) is 7.05 Å². The van der Waals surface area contributed by atoms with E-state index in [0.717, 1.165) is 17.0 Å². The molecule has 4 nitrogen and oxygen atoms in total. The van der Waals surface area contributed by atoms with E-state index in [0.29, 0.717) is 6.29 Å². The first kappa shape index (κ1) is 18.4. The van der Waals surface area contributed by atoms with Gasteiger partial charge in [-0.25, -0.2) is 13.6 Å². The number of aldehydes is 1. The first-order chi connectivity index (χ1) is 9.92. The summed E-state index contributed by atoms with van der Waals surface area (Å²) in [5, 5.41) is -0.408. The van der Waals surface area contributed by atoms with Gasteiger partial charge in [-0.3, -0.25) is 4.90 Å². The van der Waals surface area contributed by atoms with E-state index in [1.165, 1.54) is 14.0 Å². The van der Waals surface area contributed by atoms with E-state index in [9.17, 15) is 18.4 Å². The van der Waals surface area contributed by atoms with Crippen molar-refractivity contribution in [3.05, 3.63) is 34.4 Å². The fraction of sp³-hybridized carbons (Fsp3) is 0.467. The standard InChI is InChI=1S/C15H18ClF2NO3/c1-14(2,3)22-13(21)19(5)15(4,8-20)9-6-12(18)10(16)7-11(9)17/h6-8H,1-5H3. The molecule has 22 heavy (non-hydrogen) atoms. The van der Waals surface area contributed by atoms with Crippen LogP contribution in [0.25, 0.3) is 0 Å². The summed E-state index contributed by atoms with van der Waals surface area (Å²) in [7, 11) is 1.27. The number of carbonyl (C=O) groups excluding carboxylic acids is 2. The summed E-state index contributed by atoms with van der Waals surface area (Å²) in [5.74, 6) is -1.78. The van der Waals surface area contributed by atoms with Gasteiger partial charge < -0.3 is 9.53 Å². The molecule has 0 aliphatic heterocycles. The number of benzene rings is 1. The molecule has 0 bridgehead atoms. The lowest BCUT2D eigenvalue weighted by Crippen LogP contribution is -2.48. The molecular formula is C15H18ClF2NO3. The van der Waals surface area contributed by atoms with E-state index in [1.54, 1.807) is 20.8 Å². The second kappa shape index (κ2) is 6.20. The van der Waals surface area contributed by atoms with Crippen molar-refractivity contribution in [1.29, 1.82) is 0 Å². The van der Waals surface area contributed by atoms with Gasteiger partial charge in [0.25, 0.3) is 0 Å². The molecule has 1 rings (SSSR count). The highest BCUT2D eigenvalue weighted by Gasteiger charge is 2.39. The molecule has 1 aromatic rings. The van der Waals surface area contributed by atoms with Crippen LogP contribution in [0.4, 0.5) is 13.6 Å². The van der Waals surface area contributed by atoms with Gasteiger partial charge in [0.15, 0.2) is 0 Å². The number of ether oxygens (including phenoxy) is 1. The van der Waals surface area contributed by atoms with E-state index >= 15 is 0 Å². The molecule has 0 saturated heterocycles. The number of halogens is 3. The molecule has 0 spiro atoms. The van der Waals surface area contributed by atoms with Crippen LogP contribution in [-0.4, -0.2) is 29.9 Å². The summed E-state index contributed by atoms with van der Waals surface area (Å²) in [6.45, 7) is 6.24. The van der Waals surface area contributed by atoms with E-state index in [1.807, 2.05) is 0 Å². The molecule has 122 valence electrons. The Balaban J connectivity index is 3.30. The predicted molar refractivity (Wildman–Crippen MR) is 78.8 cm³/mol. The zero-order valence-electron chi connectivity index (χ0n) is 13.0. The Morgan fingerprint density at radius 2 is 1.77 bits per heavy atom. The lowest BCUT2D eigenvalue weighted by atomic mass is 9.91. The number of likely N-dealkylation sites (N-methyl/N-ethyl adjacent to an activating group) is 1. The van der Waals surface area contributed by atoms with Crippen LogP contribution in [0.1, 0.15) is 33.3 Å². The molecule has 0 aliphatic rings.